The van der Waals surface area contributed by atoms with Crippen LogP contribution < -0.4 is 10.6 Å². The van der Waals surface area contributed by atoms with E-state index < -0.39 is 0 Å². The minimum absolute atomic E-state index is 0.559. The van der Waals surface area contributed by atoms with E-state index in [1.54, 1.807) is 0 Å². The molecule has 0 atom stereocenters. The van der Waals surface area contributed by atoms with Gasteiger partial charge in [0.15, 0.2) is 0 Å². The lowest BCUT2D eigenvalue weighted by Crippen LogP contribution is -2.11. The van der Waals surface area contributed by atoms with Crippen LogP contribution in [0.1, 0.15) is 30.9 Å². The molecule has 2 N–H and O–H groups in total. The molecule has 0 aliphatic rings. The minimum Gasteiger partial charge on any atom is -0.397 e. The number of nitrogens with zero attached hydrogens (tertiary/aromatic N) is 1. The summed E-state index contributed by atoms with van der Waals surface area (Å²) in [6, 6.07) is 14.8. The molecule has 2 aromatic carbocycles. The first-order valence-electron chi connectivity index (χ1n) is 6.69. The van der Waals surface area contributed by atoms with Crippen LogP contribution >= 0.6 is 0 Å². The lowest BCUT2D eigenvalue weighted by atomic mass is 10.0. The van der Waals surface area contributed by atoms with Gasteiger partial charge in [0.2, 0.25) is 0 Å². The van der Waals surface area contributed by atoms with Crippen LogP contribution in [0.2, 0.25) is 0 Å². The summed E-state index contributed by atoms with van der Waals surface area (Å²) < 4.78 is 0. The van der Waals surface area contributed by atoms with Crippen molar-refractivity contribution >= 4 is 17.1 Å². The Morgan fingerprint density at radius 1 is 1.00 bits per heavy atom. The van der Waals surface area contributed by atoms with Crippen molar-refractivity contribution in [1.29, 1.82) is 0 Å². The molecule has 0 spiro atoms. The molecule has 0 bridgehead atoms. The van der Waals surface area contributed by atoms with E-state index in [0.717, 1.165) is 17.1 Å². The molecule has 19 heavy (non-hydrogen) atoms. The molecule has 2 nitrogen and oxygen atoms in total. The second-order valence-corrected chi connectivity index (χ2v) is 5.37. The highest BCUT2D eigenvalue weighted by Crippen LogP contribution is 2.30. The molecular weight excluding hydrogens is 232 g/mol. The van der Waals surface area contributed by atoms with Crippen LogP contribution in [0.4, 0.5) is 17.1 Å². The maximum absolute atomic E-state index is 6.10. The monoisotopic (exact) mass is 254 g/mol. The van der Waals surface area contributed by atoms with E-state index >= 15 is 0 Å². The predicted octanol–water partition coefficient (Wildman–Crippen LogP) is 4.47. The second kappa shape index (κ2) is 5.35. The summed E-state index contributed by atoms with van der Waals surface area (Å²) in [4.78, 5) is 2.12. The summed E-state index contributed by atoms with van der Waals surface area (Å²) in [5.74, 6) is 0.559. The molecule has 2 aromatic rings. The number of nitrogen functional groups attached to an aromatic ring is 1. The van der Waals surface area contributed by atoms with Crippen molar-refractivity contribution in [1.82, 2.24) is 0 Å². The molecule has 2 heteroatoms. The minimum atomic E-state index is 0.559. The van der Waals surface area contributed by atoms with E-state index in [4.69, 9.17) is 5.73 Å². The molecule has 0 radical (unpaired) electrons. The van der Waals surface area contributed by atoms with E-state index in [2.05, 4.69) is 62.1 Å². The zero-order valence-corrected chi connectivity index (χ0v) is 12.1. The standard InChI is InChI=1S/C17H22N2/c1-12(2)14-6-8-15(9-7-14)19(4)17-10-5-13(3)11-16(17)18/h5-12H,18H2,1-4H3. The first kappa shape index (κ1) is 13.5. The summed E-state index contributed by atoms with van der Waals surface area (Å²) >= 11 is 0. The molecule has 0 amide bonds. The fourth-order valence-corrected chi connectivity index (χ4v) is 2.20. The molecule has 0 heterocycles. The smallest absolute Gasteiger partial charge is 0.0641 e. The predicted molar refractivity (Wildman–Crippen MR) is 84.2 cm³/mol. The third-order valence-corrected chi connectivity index (χ3v) is 3.49. The Morgan fingerprint density at radius 2 is 1.63 bits per heavy atom. The SMILES string of the molecule is Cc1ccc(N(C)c2ccc(C(C)C)cc2)c(N)c1. The fourth-order valence-electron chi connectivity index (χ4n) is 2.20. The van der Waals surface area contributed by atoms with Crippen molar-refractivity contribution in [2.24, 2.45) is 0 Å². The van der Waals surface area contributed by atoms with Crippen LogP contribution in [0.15, 0.2) is 42.5 Å². The van der Waals surface area contributed by atoms with E-state index in [1.807, 2.05) is 13.1 Å². The third-order valence-electron chi connectivity index (χ3n) is 3.49. The Bertz CT molecular complexity index is 556. The molecule has 100 valence electrons. The number of nitrogens with two attached hydrogens (primary N) is 1. The number of benzene rings is 2. The van der Waals surface area contributed by atoms with E-state index in [9.17, 15) is 0 Å². The van der Waals surface area contributed by atoms with Crippen LogP contribution in [-0.4, -0.2) is 7.05 Å². The van der Waals surface area contributed by atoms with Crippen molar-refractivity contribution in [3.8, 4) is 0 Å². The summed E-state index contributed by atoms with van der Waals surface area (Å²) in [5, 5.41) is 0. The number of rotatable bonds is 3. The molecular formula is C17H22N2. The molecule has 0 aliphatic carbocycles. The molecule has 2 rings (SSSR count). The Balaban J connectivity index is 2.30. The number of aryl methyl sites for hydroxylation is 1. The average molecular weight is 254 g/mol. The van der Waals surface area contributed by atoms with Gasteiger partial charge in [-0.15, -0.1) is 0 Å². The zero-order chi connectivity index (χ0) is 14.0. The highest BCUT2D eigenvalue weighted by molar-refractivity contribution is 5.74. The molecule has 0 saturated carbocycles. The van der Waals surface area contributed by atoms with Gasteiger partial charge in [-0.2, -0.15) is 0 Å². The van der Waals surface area contributed by atoms with Gasteiger partial charge in [-0.1, -0.05) is 32.0 Å². The zero-order valence-electron chi connectivity index (χ0n) is 12.1. The normalized spacial score (nSPS) is 10.8. The van der Waals surface area contributed by atoms with Gasteiger partial charge in [0, 0.05) is 12.7 Å². The van der Waals surface area contributed by atoms with Gasteiger partial charge in [-0.05, 0) is 48.2 Å². The highest BCUT2D eigenvalue weighted by atomic mass is 15.1. The quantitative estimate of drug-likeness (QED) is 0.819. The average Bonchev–Trinajstić information content (AvgIpc) is 2.38. The summed E-state index contributed by atoms with van der Waals surface area (Å²) in [5.41, 5.74) is 11.6. The number of hydrogen-bond acceptors (Lipinski definition) is 2. The topological polar surface area (TPSA) is 29.3 Å². The summed E-state index contributed by atoms with van der Waals surface area (Å²) in [6.45, 7) is 6.46. The number of anilines is 3. The molecule has 0 fully saturated rings. The molecule has 0 aromatic heterocycles. The first-order chi connectivity index (χ1) is 8.99. The van der Waals surface area contributed by atoms with E-state index in [0.29, 0.717) is 5.92 Å². The second-order valence-electron chi connectivity index (χ2n) is 5.37. The van der Waals surface area contributed by atoms with Crippen LogP contribution in [0.25, 0.3) is 0 Å². The maximum Gasteiger partial charge on any atom is 0.0641 e. The Hall–Kier alpha value is -1.96. The molecule has 0 aliphatic heterocycles. The van der Waals surface area contributed by atoms with E-state index in [1.165, 1.54) is 11.1 Å². The molecule has 0 unspecified atom stereocenters. The van der Waals surface area contributed by atoms with Crippen LogP contribution in [-0.2, 0) is 0 Å². The Labute approximate surface area is 115 Å². The fraction of sp³-hybridized carbons (Fsp3) is 0.294. The van der Waals surface area contributed by atoms with Gasteiger partial charge in [0.25, 0.3) is 0 Å². The summed E-state index contributed by atoms with van der Waals surface area (Å²) in [7, 11) is 2.05. The highest BCUT2D eigenvalue weighted by Gasteiger charge is 2.08. The summed E-state index contributed by atoms with van der Waals surface area (Å²) in [6.07, 6.45) is 0. The van der Waals surface area contributed by atoms with Gasteiger partial charge < -0.3 is 10.6 Å². The lowest BCUT2D eigenvalue weighted by molar-refractivity contribution is 0.866. The third kappa shape index (κ3) is 2.90. The van der Waals surface area contributed by atoms with Crippen LogP contribution in [0.5, 0.6) is 0 Å². The van der Waals surface area contributed by atoms with Gasteiger partial charge in [0.1, 0.15) is 0 Å². The van der Waals surface area contributed by atoms with Crippen LogP contribution in [0.3, 0.4) is 0 Å². The number of hydrogen-bond donors (Lipinski definition) is 1. The largest absolute Gasteiger partial charge is 0.397 e. The van der Waals surface area contributed by atoms with Gasteiger partial charge in [-0.3, -0.25) is 0 Å². The molecule has 0 saturated heterocycles. The van der Waals surface area contributed by atoms with Crippen molar-refractivity contribution in [3.63, 3.8) is 0 Å². The first-order valence-corrected chi connectivity index (χ1v) is 6.69. The van der Waals surface area contributed by atoms with Crippen LogP contribution in [0, 0.1) is 6.92 Å². The van der Waals surface area contributed by atoms with Crippen molar-refractivity contribution < 1.29 is 0 Å². The lowest BCUT2D eigenvalue weighted by Gasteiger charge is -2.22. The maximum atomic E-state index is 6.10. The van der Waals surface area contributed by atoms with Crippen molar-refractivity contribution in [2.75, 3.05) is 17.7 Å². The van der Waals surface area contributed by atoms with Gasteiger partial charge in [0.05, 0.1) is 11.4 Å². The van der Waals surface area contributed by atoms with Gasteiger partial charge >= 0.3 is 0 Å². The van der Waals surface area contributed by atoms with Crippen molar-refractivity contribution in [2.45, 2.75) is 26.7 Å². The Kier molecular flexibility index (Phi) is 3.79. The van der Waals surface area contributed by atoms with Gasteiger partial charge in [-0.25, -0.2) is 0 Å². The van der Waals surface area contributed by atoms with E-state index in [-0.39, 0.29) is 0 Å². The Morgan fingerprint density at radius 3 is 2.16 bits per heavy atom. The van der Waals surface area contributed by atoms with Crippen molar-refractivity contribution in [3.05, 3.63) is 53.6 Å².